The van der Waals surface area contributed by atoms with Gasteiger partial charge in [-0.3, -0.25) is 0 Å². The molecule has 0 aromatic heterocycles. The topological polar surface area (TPSA) is 0 Å². The molecule has 0 bridgehead atoms. The zero-order valence-corrected chi connectivity index (χ0v) is 11.8. The van der Waals surface area contributed by atoms with E-state index in [0.29, 0.717) is 0 Å². The molecule has 0 N–H and O–H groups in total. The van der Waals surface area contributed by atoms with Crippen molar-refractivity contribution in [2.24, 2.45) is 17.8 Å². The smallest absolute Gasteiger partial charge is 0.0443 e. The maximum Gasteiger partial charge on any atom is -0.0443 e. The molecule has 2 atom stereocenters. The van der Waals surface area contributed by atoms with Crippen LogP contribution in [0.15, 0.2) is 0 Å². The number of hydrogen-bond donors (Lipinski definition) is 0. The third-order valence-electron chi connectivity index (χ3n) is 4.44. The second kappa shape index (κ2) is 8.14. The van der Waals surface area contributed by atoms with Gasteiger partial charge in [0.15, 0.2) is 0 Å². The van der Waals surface area contributed by atoms with Crippen molar-refractivity contribution in [3.63, 3.8) is 0 Å². The highest BCUT2D eigenvalue weighted by Gasteiger charge is 2.11. The van der Waals surface area contributed by atoms with Crippen LogP contribution in [0.4, 0.5) is 0 Å². The van der Waals surface area contributed by atoms with Crippen LogP contribution in [0, 0.1) is 17.8 Å². The van der Waals surface area contributed by atoms with E-state index in [4.69, 9.17) is 0 Å². The zero-order chi connectivity index (χ0) is 11.8. The molecular formula is C16H32. The molecule has 0 amide bonds. The average Bonchev–Trinajstić information content (AvgIpc) is 2.46. The van der Waals surface area contributed by atoms with E-state index in [-0.39, 0.29) is 0 Å². The predicted molar refractivity (Wildman–Crippen MR) is 73.7 cm³/mol. The Morgan fingerprint density at radius 2 is 0.812 bits per heavy atom. The van der Waals surface area contributed by atoms with Crippen LogP contribution in [-0.2, 0) is 0 Å². The van der Waals surface area contributed by atoms with Crippen molar-refractivity contribution < 1.29 is 0 Å². The predicted octanol–water partition coefficient (Wildman–Crippen LogP) is 5.81. The normalized spacial score (nSPS) is 32.4. The first-order chi connectivity index (χ1) is 7.68. The van der Waals surface area contributed by atoms with Crippen LogP contribution >= 0.6 is 0 Å². The van der Waals surface area contributed by atoms with Crippen molar-refractivity contribution in [2.75, 3.05) is 0 Å². The largest absolute Gasteiger partial charge is 0.0625 e. The molecular weight excluding hydrogens is 192 g/mol. The summed E-state index contributed by atoms with van der Waals surface area (Å²) >= 11 is 0. The summed E-state index contributed by atoms with van der Waals surface area (Å²) in [5.74, 6) is 3.05. The summed E-state index contributed by atoms with van der Waals surface area (Å²) in [7, 11) is 0. The molecule has 2 unspecified atom stereocenters. The number of hydrogen-bond acceptors (Lipinski definition) is 0. The Morgan fingerprint density at radius 3 is 1.19 bits per heavy atom. The molecule has 0 nitrogen and oxygen atoms in total. The molecule has 0 aliphatic heterocycles. The SMILES string of the molecule is CC1CCCC(C)CC1.CC1CCCCC1. The van der Waals surface area contributed by atoms with Crippen LogP contribution in [-0.4, -0.2) is 0 Å². The van der Waals surface area contributed by atoms with E-state index in [1.165, 1.54) is 64.2 Å². The molecule has 0 spiro atoms. The lowest BCUT2D eigenvalue weighted by atomic mass is 9.91. The van der Waals surface area contributed by atoms with Crippen molar-refractivity contribution in [1.29, 1.82) is 0 Å². The van der Waals surface area contributed by atoms with Gasteiger partial charge in [-0.2, -0.15) is 0 Å². The average molecular weight is 224 g/mol. The molecule has 0 heterocycles. The van der Waals surface area contributed by atoms with Gasteiger partial charge in [-0.15, -0.1) is 0 Å². The first-order valence-electron chi connectivity index (χ1n) is 7.68. The van der Waals surface area contributed by atoms with E-state index >= 15 is 0 Å². The summed E-state index contributed by atoms with van der Waals surface area (Å²) in [5, 5.41) is 0. The molecule has 96 valence electrons. The van der Waals surface area contributed by atoms with E-state index in [1.807, 2.05) is 0 Å². The summed E-state index contributed by atoms with van der Waals surface area (Å²) in [6.45, 7) is 7.13. The Hall–Kier alpha value is 0. The first kappa shape index (κ1) is 14.1. The minimum absolute atomic E-state index is 1.01. The first-order valence-corrected chi connectivity index (χ1v) is 7.68. The standard InChI is InChI=1S/C9H18.C7H14/c1-8-4-3-5-9(2)7-6-8;1-7-5-3-2-4-6-7/h8-9H,3-7H2,1-2H3;7H,2-6H2,1H3. The lowest BCUT2D eigenvalue weighted by Crippen LogP contribution is -1.99. The fourth-order valence-corrected chi connectivity index (χ4v) is 2.98. The fraction of sp³-hybridized carbons (Fsp3) is 1.00. The van der Waals surface area contributed by atoms with E-state index in [2.05, 4.69) is 20.8 Å². The molecule has 0 saturated heterocycles. The Kier molecular flexibility index (Phi) is 7.16. The molecule has 2 rings (SSSR count). The molecule has 2 saturated carbocycles. The van der Waals surface area contributed by atoms with Crippen molar-refractivity contribution in [1.82, 2.24) is 0 Å². The van der Waals surface area contributed by atoms with Gasteiger partial charge >= 0.3 is 0 Å². The molecule has 0 aromatic carbocycles. The minimum atomic E-state index is 1.01. The molecule has 2 aliphatic rings. The summed E-state index contributed by atoms with van der Waals surface area (Å²) in [5.41, 5.74) is 0. The van der Waals surface area contributed by atoms with Crippen LogP contribution in [0.25, 0.3) is 0 Å². The lowest BCUT2D eigenvalue weighted by molar-refractivity contribution is 0.385. The summed E-state index contributed by atoms with van der Waals surface area (Å²) < 4.78 is 0. The molecule has 16 heavy (non-hydrogen) atoms. The quantitative estimate of drug-likeness (QED) is 0.455. The maximum absolute atomic E-state index is 2.39. The van der Waals surface area contributed by atoms with Crippen molar-refractivity contribution in [3.8, 4) is 0 Å². The Balaban J connectivity index is 0.000000165. The summed E-state index contributed by atoms with van der Waals surface area (Å²) in [4.78, 5) is 0. The van der Waals surface area contributed by atoms with Gasteiger partial charge in [-0.25, -0.2) is 0 Å². The number of rotatable bonds is 0. The van der Waals surface area contributed by atoms with Crippen molar-refractivity contribution >= 4 is 0 Å². The Bertz CT molecular complexity index is 145. The van der Waals surface area contributed by atoms with Gasteiger partial charge in [-0.1, -0.05) is 85.0 Å². The highest BCUT2D eigenvalue weighted by atomic mass is 14.2. The van der Waals surface area contributed by atoms with E-state index in [1.54, 1.807) is 0 Å². The molecule has 0 aromatic rings. The van der Waals surface area contributed by atoms with Gasteiger partial charge in [0.1, 0.15) is 0 Å². The highest BCUT2D eigenvalue weighted by molar-refractivity contribution is 4.64. The fourth-order valence-electron chi connectivity index (χ4n) is 2.98. The van der Waals surface area contributed by atoms with E-state index in [0.717, 1.165) is 17.8 Å². The van der Waals surface area contributed by atoms with Gasteiger partial charge in [-0.05, 0) is 17.8 Å². The van der Waals surface area contributed by atoms with E-state index < -0.39 is 0 Å². The van der Waals surface area contributed by atoms with Crippen molar-refractivity contribution in [3.05, 3.63) is 0 Å². The van der Waals surface area contributed by atoms with Crippen LogP contribution in [0.1, 0.15) is 85.0 Å². The van der Waals surface area contributed by atoms with Crippen molar-refractivity contribution in [2.45, 2.75) is 85.0 Å². The third-order valence-corrected chi connectivity index (χ3v) is 4.44. The maximum atomic E-state index is 2.39. The Labute approximate surface area is 103 Å². The third kappa shape index (κ3) is 6.55. The second-order valence-corrected chi connectivity index (χ2v) is 6.46. The summed E-state index contributed by atoms with van der Waals surface area (Å²) in [6, 6.07) is 0. The van der Waals surface area contributed by atoms with Crippen LogP contribution in [0.3, 0.4) is 0 Å². The van der Waals surface area contributed by atoms with Gasteiger partial charge in [0.05, 0.1) is 0 Å². The van der Waals surface area contributed by atoms with Crippen LogP contribution in [0.5, 0.6) is 0 Å². The molecule has 2 aliphatic carbocycles. The zero-order valence-electron chi connectivity index (χ0n) is 11.8. The van der Waals surface area contributed by atoms with Gasteiger partial charge in [0.25, 0.3) is 0 Å². The minimum Gasteiger partial charge on any atom is -0.0625 e. The second-order valence-electron chi connectivity index (χ2n) is 6.46. The molecule has 0 radical (unpaired) electrons. The summed E-state index contributed by atoms with van der Waals surface area (Å²) in [6.07, 6.45) is 14.8. The monoisotopic (exact) mass is 224 g/mol. The highest BCUT2D eigenvalue weighted by Crippen LogP contribution is 2.25. The Morgan fingerprint density at radius 1 is 0.438 bits per heavy atom. The van der Waals surface area contributed by atoms with Gasteiger partial charge < -0.3 is 0 Å². The molecule has 2 fully saturated rings. The van der Waals surface area contributed by atoms with Crippen LogP contribution < -0.4 is 0 Å². The van der Waals surface area contributed by atoms with Crippen LogP contribution in [0.2, 0.25) is 0 Å². The van der Waals surface area contributed by atoms with E-state index in [9.17, 15) is 0 Å². The van der Waals surface area contributed by atoms with Gasteiger partial charge in [0.2, 0.25) is 0 Å². The molecule has 0 heteroatoms. The lowest BCUT2D eigenvalue weighted by Gasteiger charge is -2.15. The van der Waals surface area contributed by atoms with Gasteiger partial charge in [0, 0.05) is 0 Å².